The summed E-state index contributed by atoms with van der Waals surface area (Å²) in [5.74, 6) is -0.843. The van der Waals surface area contributed by atoms with Crippen LogP contribution in [0.4, 0.5) is 0 Å². The van der Waals surface area contributed by atoms with Crippen LogP contribution in [0.1, 0.15) is 11.1 Å². The average Bonchev–Trinajstić information content (AvgIpc) is 2.74. The number of ether oxygens (including phenoxy) is 3. The first-order chi connectivity index (χ1) is 14.9. The number of hydrogen-bond donors (Lipinski definition) is 2. The molecule has 2 aromatic rings. The topological polar surface area (TPSA) is 98.2 Å². The van der Waals surface area contributed by atoms with Gasteiger partial charge in [-0.15, -0.1) is 0 Å². The second kappa shape index (κ2) is 12.5. The van der Waals surface area contributed by atoms with Gasteiger partial charge < -0.3 is 19.5 Å². The van der Waals surface area contributed by atoms with Gasteiger partial charge in [-0.05, 0) is 45.8 Å². The largest absolute Gasteiger partial charge is 0.493 e. The van der Waals surface area contributed by atoms with Crippen LogP contribution in [0.25, 0.3) is 0 Å². The fraction of sp³-hybridized carbons (Fsp3) is 0.250. The number of nitrogens with one attached hydrogen (secondary N) is 2. The Kier molecular flexibility index (Phi) is 10.1. The second-order valence-electron chi connectivity index (χ2n) is 5.97. The van der Waals surface area contributed by atoms with Crippen molar-refractivity contribution >= 4 is 57.2 Å². The fourth-order valence-corrected chi connectivity index (χ4v) is 3.41. The summed E-state index contributed by atoms with van der Waals surface area (Å²) in [6.07, 6.45) is 1.36. The van der Waals surface area contributed by atoms with Crippen molar-refractivity contribution in [3.63, 3.8) is 0 Å². The molecule has 0 atom stereocenters. The lowest BCUT2D eigenvalue weighted by molar-refractivity contribution is -0.139. The number of carbonyl (C=O) groups excluding carboxylic acids is 2. The summed E-state index contributed by atoms with van der Waals surface area (Å²) in [7, 11) is 2.98. The number of amides is 2. The third kappa shape index (κ3) is 7.39. The van der Waals surface area contributed by atoms with Crippen molar-refractivity contribution in [1.82, 2.24) is 10.7 Å². The highest BCUT2D eigenvalue weighted by atomic mass is 79.9. The van der Waals surface area contributed by atoms with Crippen LogP contribution in [0.2, 0.25) is 10.0 Å². The van der Waals surface area contributed by atoms with Crippen molar-refractivity contribution < 1.29 is 23.8 Å². The highest BCUT2D eigenvalue weighted by molar-refractivity contribution is 9.10. The van der Waals surface area contributed by atoms with E-state index in [1.54, 1.807) is 30.3 Å². The van der Waals surface area contributed by atoms with Gasteiger partial charge in [-0.2, -0.15) is 5.10 Å². The van der Waals surface area contributed by atoms with Gasteiger partial charge in [0.05, 0.1) is 24.4 Å². The first kappa shape index (κ1) is 24.9. The number of halogens is 3. The molecule has 0 unspecified atom stereocenters. The van der Waals surface area contributed by atoms with Crippen molar-refractivity contribution in [1.29, 1.82) is 0 Å². The van der Waals surface area contributed by atoms with E-state index < -0.39 is 11.8 Å². The molecule has 2 aromatic carbocycles. The van der Waals surface area contributed by atoms with E-state index in [1.807, 2.05) is 0 Å². The van der Waals surface area contributed by atoms with Gasteiger partial charge in [0.15, 0.2) is 11.5 Å². The summed E-state index contributed by atoms with van der Waals surface area (Å²) in [4.78, 5) is 23.3. The van der Waals surface area contributed by atoms with E-state index in [0.29, 0.717) is 43.8 Å². The van der Waals surface area contributed by atoms with Gasteiger partial charge in [0.2, 0.25) is 0 Å². The maximum atomic E-state index is 11.7. The molecule has 0 aliphatic heterocycles. The van der Waals surface area contributed by atoms with Gasteiger partial charge in [0.25, 0.3) is 0 Å². The lowest BCUT2D eigenvalue weighted by atomic mass is 10.2. The molecule has 0 aliphatic rings. The number of nitrogens with zero attached hydrogens (tertiary/aromatic N) is 1. The third-order valence-corrected chi connectivity index (χ3v) is 5.15. The molecule has 0 aliphatic carbocycles. The Bertz CT molecular complexity index is 952. The van der Waals surface area contributed by atoms with Crippen molar-refractivity contribution in [2.24, 2.45) is 5.10 Å². The van der Waals surface area contributed by atoms with Crippen molar-refractivity contribution in [2.75, 3.05) is 27.4 Å². The molecule has 0 saturated carbocycles. The zero-order valence-corrected chi connectivity index (χ0v) is 19.8. The summed E-state index contributed by atoms with van der Waals surface area (Å²) in [6, 6.07) is 8.57. The summed E-state index contributed by atoms with van der Waals surface area (Å²) >= 11 is 15.8. The normalized spacial score (nSPS) is 10.7. The second-order valence-corrected chi connectivity index (χ2v) is 7.64. The number of hydrazone groups is 1. The Morgan fingerprint density at radius 3 is 2.52 bits per heavy atom. The van der Waals surface area contributed by atoms with Gasteiger partial charge in [-0.25, -0.2) is 5.43 Å². The minimum atomic E-state index is -0.894. The van der Waals surface area contributed by atoms with Crippen LogP contribution in [-0.2, 0) is 20.9 Å². The highest BCUT2D eigenvalue weighted by Crippen LogP contribution is 2.37. The van der Waals surface area contributed by atoms with E-state index in [-0.39, 0.29) is 13.2 Å². The number of hydrogen-bond acceptors (Lipinski definition) is 6. The molecular formula is C20H20BrCl2N3O5. The van der Waals surface area contributed by atoms with Gasteiger partial charge in [0, 0.05) is 29.3 Å². The minimum Gasteiger partial charge on any atom is -0.493 e. The molecule has 2 amide bonds. The zero-order chi connectivity index (χ0) is 22.8. The first-order valence-corrected chi connectivity index (χ1v) is 10.5. The molecule has 0 spiro atoms. The lowest BCUT2D eigenvalue weighted by Crippen LogP contribution is -2.39. The molecule has 11 heteroatoms. The maximum Gasteiger partial charge on any atom is 0.329 e. The van der Waals surface area contributed by atoms with E-state index in [1.165, 1.54) is 20.4 Å². The summed E-state index contributed by atoms with van der Waals surface area (Å²) in [5, 5.41) is 7.16. The van der Waals surface area contributed by atoms with Crippen LogP contribution in [0, 0.1) is 0 Å². The molecular weight excluding hydrogens is 513 g/mol. The SMILES string of the molecule is COCCNC(=O)C(=O)N/N=C\c1cc(Br)c(OCc2c(Cl)cccc2Cl)c(OC)c1. The Balaban J connectivity index is 2.05. The van der Waals surface area contributed by atoms with E-state index in [0.717, 1.165) is 0 Å². The monoisotopic (exact) mass is 531 g/mol. The van der Waals surface area contributed by atoms with Crippen LogP contribution in [0.3, 0.4) is 0 Å². The summed E-state index contributed by atoms with van der Waals surface area (Å²) in [6.45, 7) is 0.653. The van der Waals surface area contributed by atoms with Crippen molar-refractivity contribution in [3.05, 3.63) is 56.0 Å². The zero-order valence-electron chi connectivity index (χ0n) is 16.7. The molecule has 0 radical (unpaired) electrons. The molecule has 0 saturated heterocycles. The van der Waals surface area contributed by atoms with Crippen molar-refractivity contribution in [2.45, 2.75) is 6.61 Å². The summed E-state index contributed by atoms with van der Waals surface area (Å²) < 4.78 is 16.6. The van der Waals surface area contributed by atoms with E-state index in [2.05, 4.69) is 31.8 Å². The molecule has 0 aromatic heterocycles. The number of benzene rings is 2. The Morgan fingerprint density at radius 1 is 1.16 bits per heavy atom. The van der Waals surface area contributed by atoms with Crippen LogP contribution < -0.4 is 20.2 Å². The van der Waals surface area contributed by atoms with E-state index >= 15 is 0 Å². The Labute approximate surface area is 198 Å². The van der Waals surface area contributed by atoms with Gasteiger partial charge in [-0.3, -0.25) is 9.59 Å². The molecule has 166 valence electrons. The van der Waals surface area contributed by atoms with Crippen LogP contribution in [-0.4, -0.2) is 45.4 Å². The molecule has 2 N–H and O–H groups in total. The predicted molar refractivity (Wildman–Crippen MR) is 122 cm³/mol. The highest BCUT2D eigenvalue weighted by Gasteiger charge is 2.14. The number of methoxy groups -OCH3 is 2. The fourth-order valence-electron chi connectivity index (χ4n) is 2.33. The molecule has 8 nitrogen and oxygen atoms in total. The van der Waals surface area contributed by atoms with Crippen molar-refractivity contribution in [3.8, 4) is 11.5 Å². The molecule has 0 fully saturated rings. The minimum absolute atomic E-state index is 0.134. The predicted octanol–water partition coefficient (Wildman–Crippen LogP) is 3.56. The number of rotatable bonds is 9. The van der Waals surface area contributed by atoms with E-state index in [4.69, 9.17) is 37.4 Å². The van der Waals surface area contributed by atoms with Gasteiger partial charge in [0.1, 0.15) is 6.61 Å². The third-order valence-electron chi connectivity index (χ3n) is 3.85. The number of carbonyl (C=O) groups is 2. The molecule has 0 bridgehead atoms. The van der Waals surface area contributed by atoms with E-state index in [9.17, 15) is 9.59 Å². The van der Waals surface area contributed by atoms with Crippen LogP contribution in [0.15, 0.2) is 39.9 Å². The lowest BCUT2D eigenvalue weighted by Gasteiger charge is -2.14. The maximum absolute atomic E-state index is 11.7. The Hall–Kier alpha value is -2.33. The molecule has 31 heavy (non-hydrogen) atoms. The molecule has 0 heterocycles. The smallest absolute Gasteiger partial charge is 0.329 e. The molecule has 2 rings (SSSR count). The van der Waals surface area contributed by atoms with Gasteiger partial charge in [-0.1, -0.05) is 29.3 Å². The average molecular weight is 533 g/mol. The standard InChI is InChI=1S/C20H20BrCl2N3O5/c1-29-7-6-24-19(27)20(28)26-25-10-12-8-14(21)18(17(9-12)30-2)31-11-13-15(22)4-3-5-16(13)23/h3-5,8-10H,6-7,11H2,1-2H3,(H,24,27)(H,26,28)/b25-10-. The van der Waals surface area contributed by atoms with Gasteiger partial charge >= 0.3 is 11.8 Å². The first-order valence-electron chi connectivity index (χ1n) is 8.90. The van der Waals surface area contributed by atoms with Crippen LogP contribution >= 0.6 is 39.1 Å². The summed E-state index contributed by atoms with van der Waals surface area (Å²) in [5.41, 5.74) is 3.39. The quantitative estimate of drug-likeness (QED) is 0.223. The Morgan fingerprint density at radius 2 is 1.87 bits per heavy atom. The van der Waals surface area contributed by atoms with Crippen LogP contribution in [0.5, 0.6) is 11.5 Å².